The van der Waals surface area contributed by atoms with Crippen molar-refractivity contribution in [3.63, 3.8) is 0 Å². The fourth-order valence-corrected chi connectivity index (χ4v) is 7.63. The van der Waals surface area contributed by atoms with Crippen LogP contribution in [0.25, 0.3) is 0 Å². The summed E-state index contributed by atoms with van der Waals surface area (Å²) >= 11 is 12.5. The number of carbonyl (C=O) groups is 1. The monoisotopic (exact) mass is 679 g/mol. The van der Waals surface area contributed by atoms with Crippen LogP contribution in [0.2, 0.25) is 10.0 Å². The van der Waals surface area contributed by atoms with Gasteiger partial charge in [-0.2, -0.15) is 5.26 Å². The highest BCUT2D eigenvalue weighted by molar-refractivity contribution is 6.31. The van der Waals surface area contributed by atoms with Crippen molar-refractivity contribution < 1.29 is 18.3 Å². The highest BCUT2D eigenvalue weighted by Gasteiger charge is 2.62. The first-order valence-electron chi connectivity index (χ1n) is 15.9. The Morgan fingerprint density at radius 1 is 1.04 bits per heavy atom. The maximum Gasteiger partial charge on any atom is 0.324 e. The lowest BCUT2D eigenvalue weighted by Gasteiger charge is -2.41. The van der Waals surface area contributed by atoms with Gasteiger partial charge < -0.3 is 10.1 Å². The van der Waals surface area contributed by atoms with Crippen LogP contribution in [0.3, 0.4) is 0 Å². The SMILES string of the molecule is CC(C)(C)OC(=O)[C@@H]1N[C@@H](CC(C)(C)C2=CCNC(Cc3ccccc3)C2)[C@](C#N)(c2ccc(Cl)cc2F)[C@H]1c1cccc(Cl)c1F. The van der Waals surface area contributed by atoms with Crippen LogP contribution in [0, 0.1) is 28.4 Å². The van der Waals surface area contributed by atoms with Crippen LogP contribution < -0.4 is 10.6 Å². The molecule has 0 amide bonds. The molecule has 3 aromatic rings. The number of rotatable bonds is 8. The van der Waals surface area contributed by atoms with Crippen LogP contribution >= 0.6 is 23.2 Å². The van der Waals surface area contributed by atoms with E-state index in [-0.39, 0.29) is 27.2 Å². The lowest BCUT2D eigenvalue weighted by Crippen LogP contribution is -2.46. The topological polar surface area (TPSA) is 74.2 Å². The molecule has 1 saturated heterocycles. The van der Waals surface area contributed by atoms with E-state index in [0.717, 1.165) is 18.9 Å². The summed E-state index contributed by atoms with van der Waals surface area (Å²) in [6, 6.07) is 19.5. The number of hydrogen-bond acceptors (Lipinski definition) is 5. The van der Waals surface area contributed by atoms with E-state index in [2.05, 4.69) is 48.8 Å². The molecular formula is C38H41Cl2F2N3O2. The average molecular weight is 681 g/mol. The zero-order chi connectivity index (χ0) is 34.1. The van der Waals surface area contributed by atoms with Crippen molar-refractivity contribution in [2.75, 3.05) is 6.54 Å². The van der Waals surface area contributed by atoms with Gasteiger partial charge in [-0.1, -0.05) is 97.2 Å². The van der Waals surface area contributed by atoms with Gasteiger partial charge in [0.05, 0.1) is 11.1 Å². The number of benzene rings is 3. The largest absolute Gasteiger partial charge is 0.459 e. The second kappa shape index (κ2) is 13.7. The molecule has 47 heavy (non-hydrogen) atoms. The van der Waals surface area contributed by atoms with Crippen LogP contribution in [0.4, 0.5) is 8.78 Å². The molecule has 9 heteroatoms. The van der Waals surface area contributed by atoms with Gasteiger partial charge in [0.25, 0.3) is 0 Å². The molecule has 0 bridgehead atoms. The van der Waals surface area contributed by atoms with E-state index in [1.165, 1.54) is 35.4 Å². The van der Waals surface area contributed by atoms with E-state index in [0.29, 0.717) is 13.0 Å². The van der Waals surface area contributed by atoms with Gasteiger partial charge in [0.2, 0.25) is 0 Å². The summed E-state index contributed by atoms with van der Waals surface area (Å²) in [7, 11) is 0. The Morgan fingerprint density at radius 2 is 1.77 bits per heavy atom. The zero-order valence-corrected chi connectivity index (χ0v) is 28.9. The number of nitriles is 1. The third-order valence-corrected chi connectivity index (χ3v) is 9.95. The van der Waals surface area contributed by atoms with Crippen LogP contribution in [0.1, 0.15) is 70.1 Å². The van der Waals surface area contributed by atoms with E-state index in [1.54, 1.807) is 26.8 Å². The number of carbonyl (C=O) groups excluding carboxylic acids is 1. The molecule has 0 aromatic heterocycles. The first-order valence-corrected chi connectivity index (χ1v) is 16.7. The van der Waals surface area contributed by atoms with E-state index < -0.39 is 52.0 Å². The highest BCUT2D eigenvalue weighted by atomic mass is 35.5. The van der Waals surface area contributed by atoms with Gasteiger partial charge in [0, 0.05) is 35.1 Å². The number of nitrogens with one attached hydrogen (secondary N) is 2. The Hall–Kier alpha value is -3.28. The molecule has 5 atom stereocenters. The maximum absolute atomic E-state index is 16.1. The third kappa shape index (κ3) is 7.27. The predicted octanol–water partition coefficient (Wildman–Crippen LogP) is 8.45. The fraction of sp³-hybridized carbons (Fsp3) is 0.421. The molecule has 2 N–H and O–H groups in total. The smallest absolute Gasteiger partial charge is 0.324 e. The second-order valence-electron chi connectivity index (χ2n) is 14.3. The molecule has 2 aliphatic heterocycles. The molecule has 248 valence electrons. The number of hydrogen-bond donors (Lipinski definition) is 2. The first kappa shape index (κ1) is 35.0. The number of esters is 1. The maximum atomic E-state index is 16.1. The van der Waals surface area contributed by atoms with Crippen molar-refractivity contribution in [2.45, 2.75) is 88.9 Å². The minimum atomic E-state index is -1.75. The Balaban J connectivity index is 1.62. The standard InChI is InChI=1S/C38H41Cl2F2N3O2/c1-36(2,3)47-35(46)34-32(27-12-9-13-29(40)33(27)42)38(22-43,28-15-14-25(39)20-30(28)41)31(45-34)21-37(4,5)24-16-17-44-26(19-24)18-23-10-7-6-8-11-23/h6-16,20,26,31-32,34,44-45H,17-19,21H2,1-5H3/t26?,31-,32-,34+,38-/m0/s1. The van der Waals surface area contributed by atoms with Crippen molar-refractivity contribution in [3.8, 4) is 6.07 Å². The number of ether oxygens (including phenoxy) is 1. The highest BCUT2D eigenvalue weighted by Crippen LogP contribution is 2.54. The molecule has 0 spiro atoms. The Kier molecular flexibility index (Phi) is 10.2. The van der Waals surface area contributed by atoms with Crippen LogP contribution in [-0.2, 0) is 21.4 Å². The van der Waals surface area contributed by atoms with Crippen molar-refractivity contribution in [2.24, 2.45) is 5.41 Å². The van der Waals surface area contributed by atoms with E-state index in [9.17, 15) is 10.1 Å². The summed E-state index contributed by atoms with van der Waals surface area (Å²) in [5.41, 5.74) is -0.656. The minimum absolute atomic E-state index is 0.0226. The molecule has 2 heterocycles. The first-order chi connectivity index (χ1) is 22.2. The predicted molar refractivity (Wildman–Crippen MR) is 182 cm³/mol. The van der Waals surface area contributed by atoms with Gasteiger partial charge in [-0.15, -0.1) is 0 Å². The van der Waals surface area contributed by atoms with Crippen LogP contribution in [0.15, 0.2) is 78.4 Å². The van der Waals surface area contributed by atoms with Crippen molar-refractivity contribution in [1.29, 1.82) is 5.26 Å². The molecule has 0 saturated carbocycles. The van der Waals surface area contributed by atoms with Gasteiger partial charge >= 0.3 is 5.97 Å². The van der Waals surface area contributed by atoms with Gasteiger partial charge in [-0.3, -0.25) is 10.1 Å². The molecule has 0 radical (unpaired) electrons. The molecule has 5 rings (SSSR count). The lowest BCUT2D eigenvalue weighted by molar-refractivity contribution is -0.157. The lowest BCUT2D eigenvalue weighted by atomic mass is 9.61. The van der Waals surface area contributed by atoms with E-state index in [1.807, 2.05) is 18.2 Å². The van der Waals surface area contributed by atoms with Crippen molar-refractivity contribution in [3.05, 3.63) is 117 Å². The van der Waals surface area contributed by atoms with Gasteiger partial charge in [0.1, 0.15) is 28.7 Å². The Morgan fingerprint density at radius 3 is 2.43 bits per heavy atom. The van der Waals surface area contributed by atoms with Gasteiger partial charge in [0.15, 0.2) is 0 Å². The van der Waals surface area contributed by atoms with Gasteiger partial charge in [-0.05, 0) is 74.8 Å². The molecule has 5 nitrogen and oxygen atoms in total. The molecular weight excluding hydrogens is 639 g/mol. The summed E-state index contributed by atoms with van der Waals surface area (Å²) in [5, 5.41) is 18.2. The molecule has 1 unspecified atom stereocenters. The van der Waals surface area contributed by atoms with Gasteiger partial charge in [-0.25, -0.2) is 8.78 Å². The fourth-order valence-electron chi connectivity index (χ4n) is 7.29. The molecule has 3 aromatic carbocycles. The number of halogens is 4. The zero-order valence-electron chi connectivity index (χ0n) is 27.3. The molecule has 0 aliphatic carbocycles. The van der Waals surface area contributed by atoms with E-state index in [4.69, 9.17) is 27.9 Å². The summed E-state index contributed by atoms with van der Waals surface area (Å²) in [6.45, 7) is 10.1. The summed E-state index contributed by atoms with van der Waals surface area (Å²) in [6.07, 6.45) is 4.13. The quantitative estimate of drug-likeness (QED) is 0.185. The van der Waals surface area contributed by atoms with Crippen LogP contribution in [-0.4, -0.2) is 36.2 Å². The molecule has 1 fully saturated rings. The Labute approximate surface area is 286 Å². The summed E-state index contributed by atoms with van der Waals surface area (Å²) < 4.78 is 37.9. The minimum Gasteiger partial charge on any atom is -0.459 e. The molecule has 2 aliphatic rings. The van der Waals surface area contributed by atoms with E-state index >= 15 is 8.78 Å². The Bertz CT molecular complexity index is 1700. The normalized spacial score (nSPS) is 24.8. The average Bonchev–Trinajstić information content (AvgIpc) is 3.32. The van der Waals surface area contributed by atoms with Crippen molar-refractivity contribution in [1.82, 2.24) is 10.6 Å². The summed E-state index contributed by atoms with van der Waals surface area (Å²) in [4.78, 5) is 14.0. The summed E-state index contributed by atoms with van der Waals surface area (Å²) in [5.74, 6) is -3.34. The van der Waals surface area contributed by atoms with Crippen LogP contribution in [0.5, 0.6) is 0 Å². The second-order valence-corrected chi connectivity index (χ2v) is 15.1. The third-order valence-electron chi connectivity index (χ3n) is 9.42. The van der Waals surface area contributed by atoms with Crippen molar-refractivity contribution >= 4 is 29.2 Å². The number of nitrogens with zero attached hydrogens (tertiary/aromatic N) is 1.